The highest BCUT2D eigenvalue weighted by Gasteiger charge is 2.30. The molecule has 1 heterocycles. The van der Waals surface area contributed by atoms with Gasteiger partial charge >= 0.3 is 6.18 Å². The van der Waals surface area contributed by atoms with E-state index in [9.17, 15) is 13.2 Å². The fraction of sp³-hybridized carbons (Fsp3) is 0.556. The van der Waals surface area contributed by atoms with Crippen molar-refractivity contribution in [3.8, 4) is 0 Å². The SMILES string of the molecule is CCCc1nc(CC(F)(F)F)nc(N)c1I. The minimum absolute atomic E-state index is 0.123. The molecule has 3 nitrogen and oxygen atoms in total. The molecule has 0 spiro atoms. The Labute approximate surface area is 105 Å². The summed E-state index contributed by atoms with van der Waals surface area (Å²) in [6.45, 7) is 1.93. The summed E-state index contributed by atoms with van der Waals surface area (Å²) in [4.78, 5) is 7.53. The van der Waals surface area contributed by atoms with E-state index in [1.165, 1.54) is 0 Å². The Kier molecular flexibility index (Phi) is 4.34. The predicted octanol–water partition coefficient (Wildman–Crippen LogP) is 2.72. The molecule has 1 aromatic heterocycles. The monoisotopic (exact) mass is 345 g/mol. The minimum atomic E-state index is -4.30. The van der Waals surface area contributed by atoms with E-state index in [0.717, 1.165) is 6.42 Å². The van der Waals surface area contributed by atoms with Crippen LogP contribution < -0.4 is 5.73 Å². The molecule has 0 aliphatic rings. The zero-order valence-corrected chi connectivity index (χ0v) is 10.8. The van der Waals surface area contributed by atoms with Gasteiger partial charge in [0.1, 0.15) is 18.1 Å². The molecule has 0 radical (unpaired) electrons. The minimum Gasteiger partial charge on any atom is -0.383 e. The predicted molar refractivity (Wildman–Crippen MR) is 62.9 cm³/mol. The van der Waals surface area contributed by atoms with Gasteiger partial charge in [-0.05, 0) is 29.0 Å². The molecule has 0 atom stereocenters. The van der Waals surface area contributed by atoms with Crippen molar-refractivity contribution in [1.29, 1.82) is 0 Å². The maximum Gasteiger partial charge on any atom is 0.396 e. The molecule has 0 unspecified atom stereocenters. The molecule has 1 rings (SSSR count). The van der Waals surface area contributed by atoms with Crippen LogP contribution in [0, 0.1) is 3.57 Å². The topological polar surface area (TPSA) is 51.8 Å². The lowest BCUT2D eigenvalue weighted by atomic mass is 10.2. The van der Waals surface area contributed by atoms with E-state index in [4.69, 9.17) is 5.73 Å². The number of aryl methyl sites for hydroxylation is 1. The van der Waals surface area contributed by atoms with Crippen molar-refractivity contribution in [3.63, 3.8) is 0 Å². The molecular weight excluding hydrogens is 334 g/mol. The number of aromatic nitrogens is 2. The number of nitrogens with two attached hydrogens (primary N) is 1. The molecular formula is C9H11F3IN3. The van der Waals surface area contributed by atoms with Crippen molar-refractivity contribution < 1.29 is 13.2 Å². The number of anilines is 1. The zero-order valence-electron chi connectivity index (χ0n) is 8.60. The maximum absolute atomic E-state index is 12.2. The highest BCUT2D eigenvalue weighted by Crippen LogP contribution is 2.23. The molecule has 0 aromatic carbocycles. The summed E-state index contributed by atoms with van der Waals surface area (Å²) in [5.41, 5.74) is 6.14. The van der Waals surface area contributed by atoms with Crippen molar-refractivity contribution in [3.05, 3.63) is 15.1 Å². The van der Waals surface area contributed by atoms with Gasteiger partial charge in [0.2, 0.25) is 0 Å². The van der Waals surface area contributed by atoms with Crippen LogP contribution in [-0.4, -0.2) is 16.1 Å². The summed E-state index contributed by atoms with van der Waals surface area (Å²) in [5.74, 6) is -0.132. The van der Waals surface area contributed by atoms with Crippen LogP contribution in [0.1, 0.15) is 24.9 Å². The Morgan fingerprint density at radius 2 is 1.94 bits per heavy atom. The van der Waals surface area contributed by atoms with Gasteiger partial charge in [-0.1, -0.05) is 13.3 Å². The molecule has 0 saturated carbocycles. The Balaban J connectivity index is 3.04. The Hall–Kier alpha value is -0.600. The number of nitrogens with zero attached hydrogens (tertiary/aromatic N) is 2. The van der Waals surface area contributed by atoms with Crippen molar-refractivity contribution in [2.45, 2.75) is 32.4 Å². The largest absolute Gasteiger partial charge is 0.396 e. The lowest BCUT2D eigenvalue weighted by molar-refractivity contribution is -0.128. The first-order chi connectivity index (χ1) is 7.33. The van der Waals surface area contributed by atoms with Crippen LogP contribution in [0.2, 0.25) is 0 Å². The molecule has 2 N–H and O–H groups in total. The number of nitrogen functional groups attached to an aromatic ring is 1. The molecule has 1 aromatic rings. The van der Waals surface area contributed by atoms with Crippen molar-refractivity contribution >= 4 is 28.4 Å². The quantitative estimate of drug-likeness (QED) is 0.858. The van der Waals surface area contributed by atoms with Crippen molar-refractivity contribution in [1.82, 2.24) is 9.97 Å². The second-order valence-electron chi connectivity index (χ2n) is 3.33. The standard InChI is InChI=1S/C9H11F3IN3/c1-2-3-5-7(13)8(14)16-6(15-5)4-9(10,11)12/h2-4H2,1H3,(H2,14,15,16). The first-order valence-corrected chi connectivity index (χ1v) is 5.79. The maximum atomic E-state index is 12.2. The number of hydrogen-bond donors (Lipinski definition) is 1. The fourth-order valence-electron chi connectivity index (χ4n) is 1.23. The van der Waals surface area contributed by atoms with Gasteiger partial charge in [-0.3, -0.25) is 0 Å². The van der Waals surface area contributed by atoms with Crippen LogP contribution in [0.15, 0.2) is 0 Å². The van der Waals surface area contributed by atoms with E-state index in [1.807, 2.05) is 29.5 Å². The number of alkyl halides is 3. The van der Waals surface area contributed by atoms with Crippen LogP contribution >= 0.6 is 22.6 Å². The van der Waals surface area contributed by atoms with Crippen molar-refractivity contribution in [2.24, 2.45) is 0 Å². The van der Waals surface area contributed by atoms with E-state index >= 15 is 0 Å². The van der Waals surface area contributed by atoms with Crippen LogP contribution in [0.25, 0.3) is 0 Å². The van der Waals surface area contributed by atoms with E-state index < -0.39 is 12.6 Å². The number of halogens is 4. The van der Waals surface area contributed by atoms with Crippen molar-refractivity contribution in [2.75, 3.05) is 5.73 Å². The van der Waals surface area contributed by atoms with Gasteiger partial charge in [0.05, 0.1) is 9.26 Å². The summed E-state index contributed by atoms with van der Waals surface area (Å²) in [6.07, 6.45) is -4.03. The summed E-state index contributed by atoms with van der Waals surface area (Å²) >= 11 is 1.95. The normalized spacial score (nSPS) is 11.8. The third-order valence-corrected chi connectivity index (χ3v) is 3.01. The molecule has 0 amide bonds. The molecule has 0 aliphatic heterocycles. The van der Waals surface area contributed by atoms with Gasteiger partial charge in [-0.15, -0.1) is 0 Å². The summed E-state index contributed by atoms with van der Waals surface area (Å²) in [7, 11) is 0. The van der Waals surface area contributed by atoms with E-state index in [2.05, 4.69) is 9.97 Å². The highest BCUT2D eigenvalue weighted by molar-refractivity contribution is 14.1. The first kappa shape index (κ1) is 13.5. The second-order valence-corrected chi connectivity index (χ2v) is 4.41. The lowest BCUT2D eigenvalue weighted by Gasteiger charge is -2.09. The third kappa shape index (κ3) is 3.76. The van der Waals surface area contributed by atoms with Gasteiger partial charge in [0, 0.05) is 0 Å². The molecule has 0 bridgehead atoms. The van der Waals surface area contributed by atoms with Crippen LogP contribution in [-0.2, 0) is 12.8 Å². The molecule has 0 aliphatic carbocycles. The molecule has 0 saturated heterocycles. The molecule has 16 heavy (non-hydrogen) atoms. The lowest BCUT2D eigenvalue weighted by Crippen LogP contribution is -2.16. The summed E-state index contributed by atoms with van der Waals surface area (Å²) < 4.78 is 37.1. The van der Waals surface area contributed by atoms with Gasteiger partial charge in [0.25, 0.3) is 0 Å². The zero-order chi connectivity index (χ0) is 12.3. The van der Waals surface area contributed by atoms with E-state index in [0.29, 0.717) is 15.7 Å². The van der Waals surface area contributed by atoms with E-state index in [1.54, 1.807) is 0 Å². The second kappa shape index (κ2) is 5.15. The molecule has 90 valence electrons. The fourth-order valence-corrected chi connectivity index (χ4v) is 1.74. The Bertz CT molecular complexity index is 379. The smallest absolute Gasteiger partial charge is 0.383 e. The summed E-state index contributed by atoms with van der Waals surface area (Å²) in [6, 6.07) is 0. The van der Waals surface area contributed by atoms with Crippen LogP contribution in [0.5, 0.6) is 0 Å². The summed E-state index contributed by atoms with van der Waals surface area (Å²) in [5, 5.41) is 0. The molecule has 0 fully saturated rings. The van der Waals surface area contributed by atoms with Gasteiger partial charge in [-0.25, -0.2) is 9.97 Å². The van der Waals surface area contributed by atoms with Gasteiger partial charge < -0.3 is 5.73 Å². The highest BCUT2D eigenvalue weighted by atomic mass is 127. The van der Waals surface area contributed by atoms with Crippen LogP contribution in [0.4, 0.5) is 19.0 Å². The van der Waals surface area contributed by atoms with E-state index in [-0.39, 0.29) is 11.6 Å². The first-order valence-electron chi connectivity index (χ1n) is 4.71. The van der Waals surface area contributed by atoms with Gasteiger partial charge in [0.15, 0.2) is 0 Å². The third-order valence-electron chi connectivity index (χ3n) is 1.84. The molecule has 7 heteroatoms. The number of hydrogen-bond acceptors (Lipinski definition) is 3. The van der Waals surface area contributed by atoms with Crippen LogP contribution in [0.3, 0.4) is 0 Å². The Morgan fingerprint density at radius 1 is 1.31 bits per heavy atom. The van der Waals surface area contributed by atoms with Gasteiger partial charge in [-0.2, -0.15) is 13.2 Å². The average molecular weight is 345 g/mol. The number of rotatable bonds is 3. The average Bonchev–Trinajstić information content (AvgIpc) is 2.11. The Morgan fingerprint density at radius 3 is 2.44 bits per heavy atom.